The van der Waals surface area contributed by atoms with Crippen molar-refractivity contribution in [2.75, 3.05) is 34.2 Å². The van der Waals surface area contributed by atoms with Gasteiger partial charge in [0.15, 0.2) is 12.6 Å². The van der Waals surface area contributed by atoms with E-state index in [9.17, 15) is 34.5 Å². The number of benzene rings is 1. The molecule has 3 fully saturated rings. The quantitative estimate of drug-likeness (QED) is 0.0616. The molecule has 3 amide bonds. The van der Waals surface area contributed by atoms with Crippen molar-refractivity contribution in [2.45, 2.75) is 187 Å². The molecule has 6 N–H and O–H groups in total. The van der Waals surface area contributed by atoms with E-state index in [4.69, 9.17) is 33.2 Å². The molecule has 19 nitrogen and oxygen atoms in total. The minimum atomic E-state index is -1.66. The van der Waals surface area contributed by atoms with E-state index in [1.165, 1.54) is 17.4 Å². The Bertz CT molecular complexity index is 2110. The summed E-state index contributed by atoms with van der Waals surface area (Å²) in [6.07, 6.45) is -8.38. The van der Waals surface area contributed by atoms with Gasteiger partial charge in [-0.25, -0.2) is 15.0 Å². The number of esters is 1. The Morgan fingerprint density at radius 2 is 1.59 bits per heavy atom. The predicted molar refractivity (Wildman–Crippen MR) is 279 cm³/mol. The second-order valence-corrected chi connectivity index (χ2v) is 22.9. The molecule has 4 heterocycles. The molecule has 5 rings (SSSR count). The number of ether oxygens (including phenoxy) is 7. The molecule has 3 saturated heterocycles. The third kappa shape index (κ3) is 16.6. The van der Waals surface area contributed by atoms with Crippen LogP contribution in [-0.2, 0) is 49.2 Å². The van der Waals surface area contributed by atoms with Crippen molar-refractivity contribution in [1.29, 1.82) is 0 Å². The SMILES string of the molecule is CC[C@H]1OC(=O)[C@H](C)[C@@H](O[C@H]2CC(C)(C)[C@@H](OC(=O)NNC(=O)/C=C/c3cccs3)[C@H](C)O2)[C@H](C)[C@@H](O[C@@H]2O[C@H](C)C[C@H](N(C)C)[C@H]2O)[C@@](C)(O)C[C@@H](C)CN(C)[C@H](C)[C@@H](OC(=O)NCCc2ccccc2)[C@H]1O. The lowest BCUT2D eigenvalue weighted by Gasteiger charge is -2.49. The first-order valence-corrected chi connectivity index (χ1v) is 26.9. The molecule has 74 heavy (non-hydrogen) atoms. The van der Waals surface area contributed by atoms with Crippen molar-refractivity contribution in [3.8, 4) is 0 Å². The average molecular weight is 1060 g/mol. The molecule has 416 valence electrons. The van der Waals surface area contributed by atoms with E-state index in [1.54, 1.807) is 40.7 Å². The highest BCUT2D eigenvalue weighted by Gasteiger charge is 2.52. The number of likely N-dealkylation sites (N-methyl/N-ethyl adjacent to an activating group) is 2. The van der Waals surface area contributed by atoms with Gasteiger partial charge in [-0.2, -0.15) is 0 Å². The predicted octanol–water partition coefficient (Wildman–Crippen LogP) is 5.65. The minimum Gasteiger partial charge on any atom is -0.459 e. The third-order valence-electron chi connectivity index (χ3n) is 14.7. The number of hydrogen-bond donors (Lipinski definition) is 6. The number of hydrogen-bond acceptors (Lipinski definition) is 17. The van der Waals surface area contributed by atoms with Crippen LogP contribution in [0.3, 0.4) is 0 Å². The van der Waals surface area contributed by atoms with E-state index >= 15 is 0 Å². The van der Waals surface area contributed by atoms with E-state index in [0.29, 0.717) is 19.4 Å². The van der Waals surface area contributed by atoms with Crippen molar-refractivity contribution in [1.82, 2.24) is 26.0 Å². The van der Waals surface area contributed by atoms with Crippen LogP contribution in [0.4, 0.5) is 9.59 Å². The summed E-state index contributed by atoms with van der Waals surface area (Å²) in [6, 6.07) is 12.5. The lowest BCUT2D eigenvalue weighted by molar-refractivity contribution is -0.312. The number of aliphatic hydroxyl groups excluding tert-OH is 2. The molecule has 0 radical (unpaired) electrons. The monoisotopic (exact) mass is 1060 g/mol. The van der Waals surface area contributed by atoms with Crippen molar-refractivity contribution < 1.29 is 67.7 Å². The van der Waals surface area contributed by atoms with Gasteiger partial charge in [-0.3, -0.25) is 19.9 Å². The summed E-state index contributed by atoms with van der Waals surface area (Å²) in [4.78, 5) is 58.5. The number of alkyl carbamates (subject to hydrolysis) is 1. The summed E-state index contributed by atoms with van der Waals surface area (Å²) in [5, 5.41) is 41.5. The number of hydrazine groups is 1. The summed E-state index contributed by atoms with van der Waals surface area (Å²) >= 11 is 1.46. The minimum absolute atomic E-state index is 0.155. The summed E-state index contributed by atoms with van der Waals surface area (Å²) < 4.78 is 44.6. The van der Waals surface area contributed by atoms with E-state index in [0.717, 1.165) is 10.4 Å². The Labute approximate surface area is 441 Å². The zero-order chi connectivity index (χ0) is 54.7. The van der Waals surface area contributed by atoms with Crippen LogP contribution in [0.5, 0.6) is 0 Å². The van der Waals surface area contributed by atoms with E-state index in [-0.39, 0.29) is 43.9 Å². The zero-order valence-corrected chi connectivity index (χ0v) is 46.4. The molecule has 0 unspecified atom stereocenters. The van der Waals surface area contributed by atoms with Crippen LogP contribution in [-0.4, -0.2) is 169 Å². The highest BCUT2D eigenvalue weighted by atomic mass is 32.1. The van der Waals surface area contributed by atoms with Crippen LogP contribution in [0.25, 0.3) is 6.08 Å². The number of cyclic esters (lactones) is 1. The number of thiophene rings is 1. The maximum Gasteiger partial charge on any atom is 0.426 e. The third-order valence-corrected chi connectivity index (χ3v) is 15.6. The first-order chi connectivity index (χ1) is 34.8. The van der Waals surface area contributed by atoms with Crippen LogP contribution in [0.15, 0.2) is 53.9 Å². The summed E-state index contributed by atoms with van der Waals surface area (Å²) in [7, 11) is 5.58. The van der Waals surface area contributed by atoms with Crippen LogP contribution in [0, 0.1) is 23.2 Å². The highest BCUT2D eigenvalue weighted by molar-refractivity contribution is 7.10. The molecule has 1 aromatic carbocycles. The second kappa shape index (κ2) is 27.2. The summed E-state index contributed by atoms with van der Waals surface area (Å²) in [5.41, 5.74) is 3.20. The summed E-state index contributed by atoms with van der Waals surface area (Å²) in [6.45, 7) is 18.7. The fourth-order valence-corrected chi connectivity index (χ4v) is 11.4. The van der Waals surface area contributed by atoms with Crippen LogP contribution >= 0.6 is 11.3 Å². The number of carbonyl (C=O) groups excluding carboxylic acids is 4. The van der Waals surface area contributed by atoms with E-state index in [1.807, 2.05) is 113 Å². The Balaban J connectivity index is 1.45. The summed E-state index contributed by atoms with van der Waals surface area (Å²) in [5.74, 6) is -3.50. The topological polar surface area (TPSA) is 236 Å². The Kier molecular flexibility index (Phi) is 22.3. The molecule has 0 spiro atoms. The molecule has 17 atom stereocenters. The molecule has 1 aromatic heterocycles. The van der Waals surface area contributed by atoms with Gasteiger partial charge >= 0.3 is 18.2 Å². The van der Waals surface area contributed by atoms with Gasteiger partial charge in [0.2, 0.25) is 0 Å². The molecule has 3 aliphatic heterocycles. The van der Waals surface area contributed by atoms with Gasteiger partial charge in [-0.15, -0.1) is 11.3 Å². The van der Waals surface area contributed by atoms with Crippen LogP contribution < -0.4 is 16.2 Å². The molecule has 20 heteroatoms. The standard InChI is InChI=1S/C54H85N5O14S/c1-14-40-44(62)46(71-51(64)55-25-24-37-19-16-15-17-20-37)35(6)59(13)30-31(2)28-54(10,66)47(72-50-43(61)39(58(11)12)27-32(3)67-50)33(4)45(34(5)49(63)69-40)70-42-29-53(8,9)48(36(7)68-42)73-52(65)57-56-41(60)23-22-38-21-18-26-74-38/h15-23,26,31-36,39-40,42-48,50,61-62,66H,14,24-25,27-30H2,1-13H3,(H,55,64)(H,56,60)(H,57,65)/b23-22+/t31-,32-,33+,34-,35-,36+,39+,40-,42+,43-,44+,45+,46-,47-,48+,50+,54+/m1/s1. The number of carbonyl (C=O) groups is 4. The zero-order valence-electron chi connectivity index (χ0n) is 45.6. The Morgan fingerprint density at radius 1 is 0.892 bits per heavy atom. The number of aliphatic hydroxyl groups is 3. The maximum atomic E-state index is 14.8. The van der Waals surface area contributed by atoms with Crippen molar-refractivity contribution in [2.24, 2.45) is 23.2 Å². The van der Waals surface area contributed by atoms with Gasteiger partial charge in [0, 0.05) is 53.9 Å². The number of nitrogens with zero attached hydrogens (tertiary/aromatic N) is 2. The number of rotatable bonds is 13. The van der Waals surface area contributed by atoms with Gasteiger partial charge in [0.1, 0.15) is 30.5 Å². The normalized spacial score (nSPS) is 35.7. The molecular formula is C54H85N5O14S. The van der Waals surface area contributed by atoms with Crippen LogP contribution in [0.1, 0.15) is 105 Å². The Hall–Kier alpha value is -4.22. The van der Waals surface area contributed by atoms with Gasteiger partial charge < -0.3 is 58.7 Å². The number of amides is 3. The molecular weight excluding hydrogens is 975 g/mol. The van der Waals surface area contributed by atoms with Crippen molar-refractivity contribution >= 4 is 41.5 Å². The average Bonchev–Trinajstić information content (AvgIpc) is 3.86. The maximum absolute atomic E-state index is 14.8. The number of nitrogens with one attached hydrogen (secondary N) is 3. The molecule has 3 aliphatic rings. The fourth-order valence-electron chi connectivity index (χ4n) is 10.8. The molecule has 0 saturated carbocycles. The van der Waals surface area contributed by atoms with Gasteiger partial charge in [0.25, 0.3) is 5.91 Å². The lowest BCUT2D eigenvalue weighted by atomic mass is 9.77. The Morgan fingerprint density at radius 3 is 2.23 bits per heavy atom. The second-order valence-electron chi connectivity index (χ2n) is 21.9. The smallest absolute Gasteiger partial charge is 0.426 e. The van der Waals surface area contributed by atoms with E-state index < -0.39 is 114 Å². The van der Waals surface area contributed by atoms with E-state index in [2.05, 4.69) is 16.2 Å². The molecule has 2 aromatic rings. The van der Waals surface area contributed by atoms with Crippen molar-refractivity contribution in [3.63, 3.8) is 0 Å². The molecule has 0 aliphatic carbocycles. The van der Waals surface area contributed by atoms with Gasteiger partial charge in [-0.1, -0.05) is 71.0 Å². The fraction of sp³-hybridized carbons (Fsp3) is 0.704. The van der Waals surface area contributed by atoms with Gasteiger partial charge in [0.05, 0.1) is 35.9 Å². The largest absolute Gasteiger partial charge is 0.459 e. The first-order valence-electron chi connectivity index (χ1n) is 26.1. The van der Waals surface area contributed by atoms with Crippen molar-refractivity contribution in [3.05, 3.63) is 64.4 Å². The first kappa shape index (κ1) is 60.6. The van der Waals surface area contributed by atoms with Gasteiger partial charge in [-0.05, 0) is 110 Å². The highest BCUT2D eigenvalue weighted by Crippen LogP contribution is 2.42. The van der Waals surface area contributed by atoms with Crippen LogP contribution in [0.2, 0.25) is 0 Å². The molecule has 0 bridgehead atoms. The lowest BCUT2D eigenvalue weighted by Crippen LogP contribution is -2.60.